The monoisotopic (exact) mass is 238 g/mol. The first kappa shape index (κ1) is 12.5. The van der Waals surface area contributed by atoms with E-state index < -0.39 is 6.16 Å². The number of fused-ring (bicyclic) bond motifs is 2. The molecule has 0 amide bonds. The molecule has 0 aromatic carbocycles. The van der Waals surface area contributed by atoms with Gasteiger partial charge in [0.25, 0.3) is 0 Å². The molecule has 0 aliphatic heterocycles. The topological polar surface area (TPSA) is 57.5 Å². The largest absolute Gasteiger partial charge is 0.503 e. The molecule has 0 radical (unpaired) electrons. The predicted octanol–water partition coefficient (Wildman–Crippen LogP) is 4.00. The molecule has 4 unspecified atom stereocenters. The van der Waals surface area contributed by atoms with Crippen molar-refractivity contribution < 1.29 is 15.0 Å². The van der Waals surface area contributed by atoms with Crippen LogP contribution >= 0.6 is 0 Å². The standard InChI is InChI=1S/C13H20.CH2O3/c1-2-4-11(5-3-1)13-9-10-6-7-12(13)8-10;2-1(3)4/h2,4,10-13H,1,3,5-9H2;(H2,2,3,4). The fraction of sp³-hybridized carbons (Fsp3) is 0.786. The van der Waals surface area contributed by atoms with E-state index in [1.807, 2.05) is 0 Å². The molecule has 96 valence electrons. The van der Waals surface area contributed by atoms with Gasteiger partial charge in [-0.05, 0) is 62.2 Å². The summed E-state index contributed by atoms with van der Waals surface area (Å²) in [6.07, 6.45) is 13.7. The smallest absolute Gasteiger partial charge is 0.450 e. The van der Waals surface area contributed by atoms with Crippen molar-refractivity contribution >= 4 is 6.16 Å². The molecule has 17 heavy (non-hydrogen) atoms. The molecule has 3 aliphatic carbocycles. The molecule has 3 heteroatoms. The van der Waals surface area contributed by atoms with Crippen LogP contribution < -0.4 is 0 Å². The Bertz CT molecular complexity index is 294. The van der Waals surface area contributed by atoms with Gasteiger partial charge in [0.1, 0.15) is 0 Å². The molecule has 0 saturated heterocycles. The molecule has 2 bridgehead atoms. The summed E-state index contributed by atoms with van der Waals surface area (Å²) in [5.41, 5.74) is 0. The maximum atomic E-state index is 8.56. The summed E-state index contributed by atoms with van der Waals surface area (Å²) in [7, 11) is 0. The van der Waals surface area contributed by atoms with Crippen LogP contribution in [0, 0.1) is 23.7 Å². The zero-order chi connectivity index (χ0) is 12.3. The second-order valence-electron chi connectivity index (χ2n) is 5.64. The number of rotatable bonds is 1. The first-order valence-corrected chi connectivity index (χ1v) is 6.75. The Morgan fingerprint density at radius 2 is 1.88 bits per heavy atom. The number of hydrogen-bond donors (Lipinski definition) is 2. The molecule has 0 aromatic heterocycles. The lowest BCUT2D eigenvalue weighted by molar-refractivity contribution is 0.137. The zero-order valence-corrected chi connectivity index (χ0v) is 10.2. The van der Waals surface area contributed by atoms with Crippen LogP contribution in [0.1, 0.15) is 44.9 Å². The van der Waals surface area contributed by atoms with Gasteiger partial charge in [-0.15, -0.1) is 0 Å². The van der Waals surface area contributed by atoms with E-state index in [-0.39, 0.29) is 0 Å². The highest BCUT2D eigenvalue weighted by Gasteiger charge is 2.42. The Balaban J connectivity index is 0.000000239. The minimum absolute atomic E-state index is 0.976. The van der Waals surface area contributed by atoms with Crippen LogP contribution in [0.2, 0.25) is 0 Å². The van der Waals surface area contributed by atoms with E-state index in [1.165, 1.54) is 19.3 Å². The van der Waals surface area contributed by atoms with Crippen LogP contribution in [-0.4, -0.2) is 16.4 Å². The molecular formula is C14H22O3. The fourth-order valence-electron chi connectivity index (χ4n) is 4.01. The van der Waals surface area contributed by atoms with Crippen LogP contribution in [0.4, 0.5) is 4.79 Å². The number of carboxylic acid groups (broad SMARTS) is 2. The highest BCUT2D eigenvalue weighted by atomic mass is 16.6. The van der Waals surface area contributed by atoms with Crippen molar-refractivity contribution in [1.29, 1.82) is 0 Å². The quantitative estimate of drug-likeness (QED) is 0.679. The summed E-state index contributed by atoms with van der Waals surface area (Å²) < 4.78 is 0. The van der Waals surface area contributed by atoms with Gasteiger partial charge in [-0.3, -0.25) is 0 Å². The Morgan fingerprint density at radius 1 is 1.12 bits per heavy atom. The Labute approximate surface area is 103 Å². The van der Waals surface area contributed by atoms with Crippen LogP contribution in [0.15, 0.2) is 12.2 Å². The summed E-state index contributed by atoms with van der Waals surface area (Å²) in [5, 5.41) is 13.9. The maximum Gasteiger partial charge on any atom is 0.503 e. The van der Waals surface area contributed by atoms with Gasteiger partial charge in [0.2, 0.25) is 0 Å². The van der Waals surface area contributed by atoms with Crippen LogP contribution in [0.5, 0.6) is 0 Å². The third kappa shape index (κ3) is 3.24. The molecular weight excluding hydrogens is 216 g/mol. The van der Waals surface area contributed by atoms with E-state index in [0.717, 1.165) is 23.7 Å². The molecule has 3 nitrogen and oxygen atoms in total. The van der Waals surface area contributed by atoms with Crippen molar-refractivity contribution in [3.8, 4) is 0 Å². The van der Waals surface area contributed by atoms with E-state index in [4.69, 9.17) is 15.0 Å². The second kappa shape index (κ2) is 5.56. The van der Waals surface area contributed by atoms with Gasteiger partial charge in [-0.1, -0.05) is 18.6 Å². The Morgan fingerprint density at radius 3 is 2.35 bits per heavy atom. The van der Waals surface area contributed by atoms with Crippen molar-refractivity contribution in [2.45, 2.75) is 44.9 Å². The van der Waals surface area contributed by atoms with Crippen molar-refractivity contribution in [1.82, 2.24) is 0 Å². The van der Waals surface area contributed by atoms with E-state index in [1.54, 1.807) is 25.7 Å². The minimum Gasteiger partial charge on any atom is -0.450 e. The number of hydrogen-bond acceptors (Lipinski definition) is 1. The zero-order valence-electron chi connectivity index (χ0n) is 10.2. The van der Waals surface area contributed by atoms with Gasteiger partial charge in [0, 0.05) is 0 Å². The van der Waals surface area contributed by atoms with Gasteiger partial charge < -0.3 is 10.2 Å². The Kier molecular flexibility index (Phi) is 4.08. The second-order valence-corrected chi connectivity index (χ2v) is 5.64. The van der Waals surface area contributed by atoms with E-state index in [0.29, 0.717) is 0 Å². The lowest BCUT2D eigenvalue weighted by Gasteiger charge is -2.30. The van der Waals surface area contributed by atoms with Crippen molar-refractivity contribution in [3.63, 3.8) is 0 Å². The molecule has 0 aromatic rings. The van der Waals surface area contributed by atoms with Crippen molar-refractivity contribution in [3.05, 3.63) is 12.2 Å². The molecule has 2 fully saturated rings. The third-order valence-corrected chi connectivity index (χ3v) is 4.63. The molecule has 2 saturated carbocycles. The lowest BCUT2D eigenvalue weighted by atomic mass is 9.75. The first-order valence-electron chi connectivity index (χ1n) is 6.75. The average Bonchev–Trinajstić information content (AvgIpc) is 2.91. The molecule has 4 atom stereocenters. The SMILES string of the molecule is C1=CC(C2CC3CCC2C3)CCC1.O=C(O)O. The summed E-state index contributed by atoms with van der Waals surface area (Å²) in [6, 6.07) is 0. The average molecular weight is 238 g/mol. The summed E-state index contributed by atoms with van der Waals surface area (Å²) in [4.78, 5) is 8.56. The maximum absolute atomic E-state index is 8.56. The van der Waals surface area contributed by atoms with Gasteiger partial charge in [0.15, 0.2) is 0 Å². The van der Waals surface area contributed by atoms with Crippen LogP contribution in [0.25, 0.3) is 0 Å². The molecule has 0 heterocycles. The molecule has 3 aliphatic rings. The van der Waals surface area contributed by atoms with Gasteiger partial charge >= 0.3 is 6.16 Å². The summed E-state index contributed by atoms with van der Waals surface area (Å²) in [6.45, 7) is 0. The fourth-order valence-corrected chi connectivity index (χ4v) is 4.01. The molecule has 0 spiro atoms. The number of allylic oxidation sites excluding steroid dienone is 2. The molecule has 2 N–H and O–H groups in total. The number of carbonyl (C=O) groups is 1. The third-order valence-electron chi connectivity index (χ3n) is 4.63. The normalized spacial score (nSPS) is 38.6. The van der Waals surface area contributed by atoms with E-state index >= 15 is 0 Å². The van der Waals surface area contributed by atoms with Crippen molar-refractivity contribution in [2.75, 3.05) is 0 Å². The lowest BCUT2D eigenvalue weighted by Crippen LogP contribution is -2.20. The van der Waals surface area contributed by atoms with E-state index in [9.17, 15) is 0 Å². The van der Waals surface area contributed by atoms with Crippen molar-refractivity contribution in [2.24, 2.45) is 23.7 Å². The minimum atomic E-state index is -1.83. The highest BCUT2D eigenvalue weighted by Crippen LogP contribution is 2.52. The van der Waals surface area contributed by atoms with Crippen LogP contribution in [0.3, 0.4) is 0 Å². The molecule has 3 rings (SSSR count). The van der Waals surface area contributed by atoms with Gasteiger partial charge in [-0.25, -0.2) is 4.79 Å². The summed E-state index contributed by atoms with van der Waals surface area (Å²) in [5.74, 6) is 4.32. The summed E-state index contributed by atoms with van der Waals surface area (Å²) >= 11 is 0. The highest BCUT2D eigenvalue weighted by molar-refractivity contribution is 5.53. The van der Waals surface area contributed by atoms with Crippen LogP contribution in [-0.2, 0) is 0 Å². The van der Waals surface area contributed by atoms with Gasteiger partial charge in [0.05, 0.1) is 0 Å². The van der Waals surface area contributed by atoms with E-state index in [2.05, 4.69) is 12.2 Å². The Hall–Kier alpha value is -0.990. The first-order chi connectivity index (χ1) is 8.16. The predicted molar refractivity (Wildman–Crippen MR) is 66.1 cm³/mol. The van der Waals surface area contributed by atoms with Gasteiger partial charge in [-0.2, -0.15) is 0 Å².